The Hall–Kier alpha value is -5.30. The normalized spacial score (nSPS) is 11.7. The van der Waals surface area contributed by atoms with Crippen LogP contribution in [0, 0.1) is 0 Å². The van der Waals surface area contributed by atoms with Crippen LogP contribution in [0.15, 0.2) is 137 Å². The molecule has 45 heavy (non-hydrogen) atoms. The number of imidazole rings is 1. The summed E-state index contributed by atoms with van der Waals surface area (Å²) < 4.78 is 4.62. The summed E-state index contributed by atoms with van der Waals surface area (Å²) in [6, 6.07) is 39.1. The van der Waals surface area contributed by atoms with E-state index in [9.17, 15) is 0 Å². The number of aryl methyl sites for hydroxylation is 1. The van der Waals surface area contributed by atoms with Gasteiger partial charge in [0.25, 0.3) is 0 Å². The second kappa shape index (κ2) is 10.4. The van der Waals surface area contributed by atoms with Gasteiger partial charge in [0.15, 0.2) is 0 Å². The van der Waals surface area contributed by atoms with Crippen molar-refractivity contribution in [3.63, 3.8) is 0 Å². The molecule has 5 aromatic heterocycles. The molecular formula is C39H26N4S2. The molecule has 0 saturated heterocycles. The maximum Gasteiger partial charge on any atom is 0.141 e. The highest BCUT2D eigenvalue weighted by molar-refractivity contribution is 7.08. The Balaban J connectivity index is 1.39. The lowest BCUT2D eigenvalue weighted by atomic mass is 9.97. The minimum absolute atomic E-state index is 0.956. The lowest BCUT2D eigenvalue weighted by Gasteiger charge is -2.13. The third-order valence-electron chi connectivity index (χ3n) is 8.68. The van der Waals surface area contributed by atoms with Crippen molar-refractivity contribution in [1.29, 1.82) is 0 Å². The molecule has 0 radical (unpaired) electrons. The standard InChI is InChI=1S/C39H26N4S2/c1-42-37-11-3-2-10-35(37)41-39(42)33-22-38-32(21-30(33)28-15-18-45-24-28)31-20-25(27-14-17-44-23-27)12-13-36(31)43(38)29-8-6-7-26(19-29)34-9-4-5-16-40-34/h2-24H,1H3. The van der Waals surface area contributed by atoms with Crippen LogP contribution in [-0.2, 0) is 7.05 Å². The molecule has 0 aliphatic heterocycles. The van der Waals surface area contributed by atoms with Gasteiger partial charge >= 0.3 is 0 Å². The molecule has 0 unspecified atom stereocenters. The molecule has 4 nitrogen and oxygen atoms in total. The van der Waals surface area contributed by atoms with E-state index in [1.165, 1.54) is 38.5 Å². The summed E-state index contributed by atoms with van der Waals surface area (Å²) in [4.78, 5) is 9.81. The van der Waals surface area contributed by atoms with E-state index < -0.39 is 0 Å². The number of para-hydroxylation sites is 2. The predicted molar refractivity (Wildman–Crippen MR) is 190 cm³/mol. The quantitative estimate of drug-likeness (QED) is 0.193. The van der Waals surface area contributed by atoms with Crippen LogP contribution in [0.3, 0.4) is 0 Å². The number of hydrogen-bond donors (Lipinski definition) is 0. The average Bonchev–Trinajstić information content (AvgIpc) is 3.91. The van der Waals surface area contributed by atoms with E-state index in [1.807, 2.05) is 18.3 Å². The van der Waals surface area contributed by atoms with Crippen molar-refractivity contribution in [2.45, 2.75) is 0 Å². The first kappa shape index (κ1) is 26.1. The number of thiophene rings is 2. The zero-order chi connectivity index (χ0) is 29.9. The number of aromatic nitrogens is 4. The first-order valence-corrected chi connectivity index (χ1v) is 16.7. The van der Waals surface area contributed by atoms with Gasteiger partial charge in [0.05, 0.1) is 27.8 Å². The van der Waals surface area contributed by atoms with Crippen LogP contribution >= 0.6 is 22.7 Å². The number of rotatable bonds is 5. The van der Waals surface area contributed by atoms with E-state index in [4.69, 9.17) is 4.98 Å². The Morgan fingerprint density at radius 2 is 1.40 bits per heavy atom. The Labute approximate surface area is 268 Å². The van der Waals surface area contributed by atoms with Gasteiger partial charge in [0, 0.05) is 40.8 Å². The van der Waals surface area contributed by atoms with Gasteiger partial charge in [-0.25, -0.2) is 4.98 Å². The second-order valence-electron chi connectivity index (χ2n) is 11.3. The fourth-order valence-electron chi connectivity index (χ4n) is 6.52. The molecule has 9 rings (SSSR count). The van der Waals surface area contributed by atoms with Crippen molar-refractivity contribution >= 4 is 55.5 Å². The monoisotopic (exact) mass is 614 g/mol. The van der Waals surface area contributed by atoms with Crippen molar-refractivity contribution < 1.29 is 0 Å². The van der Waals surface area contributed by atoms with Crippen LogP contribution in [0.5, 0.6) is 0 Å². The van der Waals surface area contributed by atoms with E-state index in [-0.39, 0.29) is 0 Å². The first-order valence-electron chi connectivity index (χ1n) is 14.8. The SMILES string of the molecule is Cn1c(-c2cc3c(cc2-c2ccsc2)c2cc(-c4ccsc4)ccc2n3-c2cccc(-c3ccccn3)c2)nc2ccccc21. The third kappa shape index (κ3) is 4.25. The zero-order valence-corrected chi connectivity index (χ0v) is 26.0. The minimum atomic E-state index is 0.956. The topological polar surface area (TPSA) is 35.6 Å². The first-order chi connectivity index (χ1) is 22.2. The molecule has 5 heterocycles. The van der Waals surface area contributed by atoms with Crippen molar-refractivity contribution in [2.24, 2.45) is 7.05 Å². The summed E-state index contributed by atoms with van der Waals surface area (Å²) in [6.45, 7) is 0. The van der Waals surface area contributed by atoms with E-state index in [1.54, 1.807) is 22.7 Å². The van der Waals surface area contributed by atoms with Crippen LogP contribution in [-0.4, -0.2) is 19.1 Å². The molecule has 9 aromatic rings. The Bertz CT molecular complexity index is 2480. The maximum atomic E-state index is 5.17. The van der Waals surface area contributed by atoms with Gasteiger partial charge in [-0.2, -0.15) is 22.7 Å². The molecule has 0 N–H and O–H groups in total. The van der Waals surface area contributed by atoms with E-state index in [0.717, 1.165) is 44.9 Å². The summed E-state index contributed by atoms with van der Waals surface area (Å²) in [6.07, 6.45) is 1.85. The molecule has 0 aliphatic carbocycles. The van der Waals surface area contributed by atoms with Crippen LogP contribution in [0.1, 0.15) is 0 Å². The molecule has 0 aliphatic rings. The van der Waals surface area contributed by atoms with Crippen molar-refractivity contribution in [3.05, 3.63) is 137 Å². The largest absolute Gasteiger partial charge is 0.327 e. The van der Waals surface area contributed by atoms with Gasteiger partial charge in [0.1, 0.15) is 5.82 Å². The number of pyridine rings is 1. The van der Waals surface area contributed by atoms with Crippen LogP contribution in [0.25, 0.3) is 83.4 Å². The van der Waals surface area contributed by atoms with Gasteiger partial charge in [-0.15, -0.1) is 0 Å². The van der Waals surface area contributed by atoms with E-state index in [2.05, 4.69) is 140 Å². The van der Waals surface area contributed by atoms with Crippen molar-refractivity contribution in [2.75, 3.05) is 0 Å². The molecule has 0 spiro atoms. The molecule has 214 valence electrons. The highest BCUT2D eigenvalue weighted by Crippen LogP contribution is 2.42. The lowest BCUT2D eigenvalue weighted by Crippen LogP contribution is -1.98. The summed E-state index contributed by atoms with van der Waals surface area (Å²) in [7, 11) is 2.12. The Kier molecular flexibility index (Phi) is 6.04. The summed E-state index contributed by atoms with van der Waals surface area (Å²) >= 11 is 3.45. The minimum Gasteiger partial charge on any atom is -0.327 e. The molecule has 0 saturated carbocycles. The molecule has 0 atom stereocenters. The van der Waals surface area contributed by atoms with Gasteiger partial charge < -0.3 is 9.13 Å². The van der Waals surface area contributed by atoms with Gasteiger partial charge in [-0.05, 0) is 117 Å². The third-order valence-corrected chi connectivity index (χ3v) is 10.1. The fourth-order valence-corrected chi connectivity index (χ4v) is 7.84. The number of hydrogen-bond acceptors (Lipinski definition) is 4. The summed E-state index contributed by atoms with van der Waals surface area (Å²) in [5, 5.41) is 11.2. The molecule has 0 amide bonds. The lowest BCUT2D eigenvalue weighted by molar-refractivity contribution is 0.960. The van der Waals surface area contributed by atoms with Crippen molar-refractivity contribution in [3.8, 4) is 50.6 Å². The van der Waals surface area contributed by atoms with E-state index >= 15 is 0 Å². The maximum absolute atomic E-state index is 5.17. The van der Waals surface area contributed by atoms with Gasteiger partial charge in [-0.1, -0.05) is 36.4 Å². The molecular weight excluding hydrogens is 589 g/mol. The highest BCUT2D eigenvalue weighted by Gasteiger charge is 2.21. The van der Waals surface area contributed by atoms with Crippen LogP contribution in [0.4, 0.5) is 0 Å². The second-order valence-corrected chi connectivity index (χ2v) is 12.8. The Morgan fingerprint density at radius 1 is 0.578 bits per heavy atom. The number of fused-ring (bicyclic) bond motifs is 4. The van der Waals surface area contributed by atoms with Gasteiger partial charge in [0.2, 0.25) is 0 Å². The average molecular weight is 615 g/mol. The summed E-state index contributed by atoms with van der Waals surface area (Å²) in [5.41, 5.74) is 13.5. The predicted octanol–water partition coefficient (Wildman–Crippen LogP) is 10.9. The fraction of sp³-hybridized carbons (Fsp3) is 0.0256. The number of benzene rings is 4. The smallest absolute Gasteiger partial charge is 0.141 e. The molecule has 0 bridgehead atoms. The molecule has 4 aromatic carbocycles. The molecule has 6 heteroatoms. The number of nitrogens with zero attached hydrogens (tertiary/aromatic N) is 4. The highest BCUT2D eigenvalue weighted by atomic mass is 32.1. The van der Waals surface area contributed by atoms with E-state index in [0.29, 0.717) is 0 Å². The zero-order valence-electron chi connectivity index (χ0n) is 24.4. The van der Waals surface area contributed by atoms with Crippen LogP contribution < -0.4 is 0 Å². The molecule has 0 fully saturated rings. The van der Waals surface area contributed by atoms with Crippen LogP contribution in [0.2, 0.25) is 0 Å². The van der Waals surface area contributed by atoms with Gasteiger partial charge in [-0.3, -0.25) is 4.98 Å². The summed E-state index contributed by atoms with van der Waals surface area (Å²) in [5.74, 6) is 0.956. The Morgan fingerprint density at radius 3 is 2.20 bits per heavy atom. The van der Waals surface area contributed by atoms with Crippen molar-refractivity contribution in [1.82, 2.24) is 19.1 Å².